The average molecular weight is 254 g/mol. The minimum atomic E-state index is 0.0983. The van der Waals surface area contributed by atoms with Crippen molar-refractivity contribution >= 4 is 17.7 Å². The number of aromatic nitrogens is 3. The summed E-state index contributed by atoms with van der Waals surface area (Å²) in [6, 6.07) is 0.429. The van der Waals surface area contributed by atoms with Crippen molar-refractivity contribution in [1.29, 1.82) is 0 Å². The van der Waals surface area contributed by atoms with Gasteiger partial charge in [0.25, 0.3) is 0 Å². The molecule has 94 valence electrons. The Hall–Kier alpha value is -1.04. The largest absolute Gasteiger partial charge is 0.353 e. The van der Waals surface area contributed by atoms with Crippen LogP contribution < -0.4 is 5.32 Å². The van der Waals surface area contributed by atoms with Gasteiger partial charge in [0.2, 0.25) is 5.91 Å². The zero-order valence-corrected chi connectivity index (χ0v) is 11.1. The summed E-state index contributed by atoms with van der Waals surface area (Å²) < 4.78 is 2.06. The van der Waals surface area contributed by atoms with Gasteiger partial charge in [-0.25, -0.2) is 0 Å². The highest BCUT2D eigenvalue weighted by Crippen LogP contribution is 2.20. The summed E-state index contributed by atoms with van der Waals surface area (Å²) in [4.78, 5) is 11.6. The maximum Gasteiger partial charge on any atom is 0.230 e. The smallest absolute Gasteiger partial charge is 0.230 e. The number of nitrogens with one attached hydrogen (secondary N) is 1. The first kappa shape index (κ1) is 12.4. The van der Waals surface area contributed by atoms with Crippen LogP contribution in [0.25, 0.3) is 0 Å². The monoisotopic (exact) mass is 254 g/mol. The van der Waals surface area contributed by atoms with Gasteiger partial charge in [-0.15, -0.1) is 10.2 Å². The van der Waals surface area contributed by atoms with Crippen LogP contribution in [-0.4, -0.2) is 32.5 Å². The molecule has 0 spiro atoms. The molecule has 1 N–H and O–H groups in total. The lowest BCUT2D eigenvalue weighted by molar-refractivity contribution is -0.118. The van der Waals surface area contributed by atoms with E-state index in [1.165, 1.54) is 11.8 Å². The van der Waals surface area contributed by atoms with Crippen LogP contribution in [0.15, 0.2) is 5.16 Å². The van der Waals surface area contributed by atoms with Crippen LogP contribution >= 0.6 is 11.8 Å². The van der Waals surface area contributed by atoms with E-state index < -0.39 is 0 Å². The highest BCUT2D eigenvalue weighted by Gasteiger charge is 2.23. The first-order valence-electron chi connectivity index (χ1n) is 6.02. The van der Waals surface area contributed by atoms with Crippen LogP contribution in [0.5, 0.6) is 0 Å². The van der Waals surface area contributed by atoms with Crippen molar-refractivity contribution in [2.24, 2.45) is 0 Å². The van der Waals surface area contributed by atoms with E-state index in [0.29, 0.717) is 11.8 Å². The maximum absolute atomic E-state index is 11.6. The van der Waals surface area contributed by atoms with Gasteiger partial charge in [0.15, 0.2) is 5.16 Å². The summed E-state index contributed by atoms with van der Waals surface area (Å²) in [6.07, 6.45) is 3.30. The summed E-state index contributed by atoms with van der Waals surface area (Å²) >= 11 is 1.46. The third kappa shape index (κ3) is 3.46. The van der Waals surface area contributed by atoms with E-state index >= 15 is 0 Å². The fraction of sp³-hybridized carbons (Fsp3) is 0.727. The molecule has 1 aromatic rings. The van der Waals surface area contributed by atoms with Crippen LogP contribution in [0, 0.1) is 6.92 Å². The predicted octanol–water partition coefficient (Wildman–Crippen LogP) is 1.37. The second-order valence-corrected chi connectivity index (χ2v) is 5.25. The summed E-state index contributed by atoms with van der Waals surface area (Å²) in [5.74, 6) is 1.44. The Morgan fingerprint density at radius 3 is 2.94 bits per heavy atom. The molecule has 0 aliphatic heterocycles. The molecule has 6 heteroatoms. The Kier molecular flexibility index (Phi) is 4.04. The summed E-state index contributed by atoms with van der Waals surface area (Å²) in [6.45, 7) is 4.97. The molecule has 1 amide bonds. The van der Waals surface area contributed by atoms with Gasteiger partial charge < -0.3 is 9.88 Å². The lowest BCUT2D eigenvalue weighted by Crippen LogP contribution is -2.27. The number of nitrogens with zero attached hydrogens (tertiary/aromatic N) is 3. The number of hydrogen-bond donors (Lipinski definition) is 1. The molecule has 5 nitrogen and oxygen atoms in total. The minimum absolute atomic E-state index is 0.0983. The molecule has 1 aromatic heterocycles. The van der Waals surface area contributed by atoms with E-state index in [1.807, 2.05) is 6.92 Å². The molecule has 0 radical (unpaired) electrons. The molecule has 0 atom stereocenters. The van der Waals surface area contributed by atoms with E-state index in [4.69, 9.17) is 0 Å². The number of carbonyl (C=O) groups excluding carboxylic acids is 1. The van der Waals surface area contributed by atoms with Crippen molar-refractivity contribution in [1.82, 2.24) is 20.1 Å². The molecule has 0 unspecified atom stereocenters. The quantitative estimate of drug-likeness (QED) is 0.779. The Bertz CT molecular complexity index is 400. The highest BCUT2D eigenvalue weighted by atomic mass is 32.2. The molecule has 1 fully saturated rings. The standard InChI is InChI=1S/C11H18N4OS/c1-3-6-15-8(2)13-14-11(15)17-7-10(16)12-9-4-5-9/h9H,3-7H2,1-2H3,(H,12,16). The van der Waals surface area contributed by atoms with E-state index in [2.05, 4.69) is 27.0 Å². The van der Waals surface area contributed by atoms with Gasteiger partial charge in [-0.3, -0.25) is 4.79 Å². The van der Waals surface area contributed by atoms with E-state index in [1.54, 1.807) is 0 Å². The first-order chi connectivity index (χ1) is 8.20. The minimum Gasteiger partial charge on any atom is -0.353 e. The van der Waals surface area contributed by atoms with Crippen molar-refractivity contribution in [3.8, 4) is 0 Å². The average Bonchev–Trinajstić information content (AvgIpc) is 3.04. The number of rotatable bonds is 6. The molecule has 17 heavy (non-hydrogen) atoms. The third-order valence-corrected chi connectivity index (χ3v) is 3.59. The normalized spacial score (nSPS) is 14.9. The number of thioether (sulfide) groups is 1. The summed E-state index contributed by atoms with van der Waals surface area (Å²) in [5.41, 5.74) is 0. The van der Waals surface area contributed by atoms with Gasteiger partial charge in [0, 0.05) is 12.6 Å². The molecule has 1 aliphatic rings. The maximum atomic E-state index is 11.6. The third-order valence-electron chi connectivity index (χ3n) is 2.62. The first-order valence-corrected chi connectivity index (χ1v) is 7.01. The lowest BCUT2D eigenvalue weighted by Gasteiger charge is -2.06. The number of aryl methyl sites for hydroxylation is 1. The number of hydrogen-bond acceptors (Lipinski definition) is 4. The fourth-order valence-electron chi connectivity index (χ4n) is 1.58. The van der Waals surface area contributed by atoms with E-state index in [-0.39, 0.29) is 5.91 Å². The molecule has 1 aliphatic carbocycles. The van der Waals surface area contributed by atoms with Crippen LogP contribution in [0.3, 0.4) is 0 Å². The zero-order chi connectivity index (χ0) is 12.3. The van der Waals surface area contributed by atoms with Crippen LogP contribution in [0.2, 0.25) is 0 Å². The Balaban J connectivity index is 1.86. The topological polar surface area (TPSA) is 59.8 Å². The van der Waals surface area contributed by atoms with Gasteiger partial charge in [0.1, 0.15) is 5.82 Å². The van der Waals surface area contributed by atoms with Crippen molar-refractivity contribution in [3.05, 3.63) is 5.82 Å². The highest BCUT2D eigenvalue weighted by molar-refractivity contribution is 7.99. The molecular weight excluding hydrogens is 236 g/mol. The van der Waals surface area contributed by atoms with E-state index in [9.17, 15) is 4.79 Å². The van der Waals surface area contributed by atoms with Gasteiger partial charge in [0.05, 0.1) is 5.75 Å². The second kappa shape index (κ2) is 5.53. The summed E-state index contributed by atoms with van der Waals surface area (Å²) in [5, 5.41) is 12.0. The molecule has 1 saturated carbocycles. The van der Waals surface area contributed by atoms with Crippen LogP contribution in [0.1, 0.15) is 32.0 Å². The van der Waals surface area contributed by atoms with Crippen LogP contribution in [0.4, 0.5) is 0 Å². The number of carbonyl (C=O) groups is 1. The molecular formula is C11H18N4OS. The molecule has 2 rings (SSSR count). The molecule has 1 heterocycles. The lowest BCUT2D eigenvalue weighted by atomic mass is 10.5. The molecule has 0 saturated heterocycles. The number of amides is 1. The Morgan fingerprint density at radius 2 is 2.29 bits per heavy atom. The van der Waals surface area contributed by atoms with Gasteiger partial charge in [-0.2, -0.15) is 0 Å². The Morgan fingerprint density at radius 1 is 1.53 bits per heavy atom. The predicted molar refractivity (Wildman–Crippen MR) is 66.9 cm³/mol. The van der Waals surface area contributed by atoms with Crippen LogP contribution in [-0.2, 0) is 11.3 Å². The van der Waals surface area contributed by atoms with Crippen molar-refractivity contribution in [3.63, 3.8) is 0 Å². The van der Waals surface area contributed by atoms with Crippen molar-refractivity contribution in [2.75, 3.05) is 5.75 Å². The summed E-state index contributed by atoms with van der Waals surface area (Å²) in [7, 11) is 0. The zero-order valence-electron chi connectivity index (χ0n) is 10.3. The SMILES string of the molecule is CCCn1c(C)nnc1SCC(=O)NC1CC1. The van der Waals surface area contributed by atoms with Gasteiger partial charge in [-0.05, 0) is 26.2 Å². The fourth-order valence-corrected chi connectivity index (χ4v) is 2.40. The molecule has 0 aromatic carbocycles. The molecule has 0 bridgehead atoms. The second-order valence-electron chi connectivity index (χ2n) is 4.31. The van der Waals surface area contributed by atoms with Gasteiger partial charge in [-0.1, -0.05) is 18.7 Å². The van der Waals surface area contributed by atoms with Crippen molar-refractivity contribution in [2.45, 2.75) is 50.9 Å². The Labute approximate surface area is 105 Å². The van der Waals surface area contributed by atoms with Crippen molar-refractivity contribution < 1.29 is 4.79 Å². The van der Waals surface area contributed by atoms with Gasteiger partial charge >= 0.3 is 0 Å². The van der Waals surface area contributed by atoms with E-state index in [0.717, 1.165) is 36.8 Å².